The van der Waals surface area contributed by atoms with E-state index in [0.29, 0.717) is 17.0 Å². The first-order valence-corrected chi connectivity index (χ1v) is 11.4. The molecule has 2 aromatic carbocycles. The lowest BCUT2D eigenvalue weighted by atomic mass is 9.95. The zero-order valence-electron chi connectivity index (χ0n) is 18.4. The lowest BCUT2D eigenvalue weighted by Crippen LogP contribution is -2.45. The molecule has 1 heterocycles. The number of carbonyl (C=O) groups excluding carboxylic acids is 2. The molecule has 0 spiro atoms. The highest BCUT2D eigenvalue weighted by Crippen LogP contribution is 2.32. The summed E-state index contributed by atoms with van der Waals surface area (Å²) in [4.78, 5) is 25.5. The summed E-state index contributed by atoms with van der Waals surface area (Å²) >= 11 is 0. The summed E-state index contributed by atoms with van der Waals surface area (Å²) in [5, 5.41) is 5.60. The van der Waals surface area contributed by atoms with Crippen molar-refractivity contribution in [3.05, 3.63) is 71.4 Å². The average molecular weight is 435 g/mol. The van der Waals surface area contributed by atoms with Gasteiger partial charge in [-0.15, -0.1) is 0 Å². The highest BCUT2D eigenvalue weighted by Gasteiger charge is 2.33. The SMILES string of the molecule is CC1=C(C(=O)OC2CCCCCCC2)C(c2cccc(Oc3ccccc3)c2)NC(=O)N1. The number of benzene rings is 2. The second-order valence-corrected chi connectivity index (χ2v) is 8.43. The van der Waals surface area contributed by atoms with E-state index >= 15 is 0 Å². The van der Waals surface area contributed by atoms with Crippen LogP contribution in [0.2, 0.25) is 0 Å². The number of hydrogen-bond acceptors (Lipinski definition) is 4. The first kappa shape index (κ1) is 21.9. The Morgan fingerprint density at radius 3 is 2.34 bits per heavy atom. The zero-order chi connectivity index (χ0) is 22.3. The molecule has 0 radical (unpaired) electrons. The van der Waals surface area contributed by atoms with E-state index < -0.39 is 6.04 Å². The van der Waals surface area contributed by atoms with E-state index in [1.807, 2.05) is 54.6 Å². The van der Waals surface area contributed by atoms with Crippen LogP contribution in [0, 0.1) is 0 Å². The Balaban J connectivity index is 1.56. The Bertz CT molecular complexity index is 978. The molecule has 2 N–H and O–H groups in total. The van der Waals surface area contributed by atoms with Crippen LogP contribution < -0.4 is 15.4 Å². The van der Waals surface area contributed by atoms with Gasteiger partial charge in [0.05, 0.1) is 11.6 Å². The third-order valence-electron chi connectivity index (χ3n) is 5.99. The number of esters is 1. The van der Waals surface area contributed by atoms with Crippen LogP contribution in [0.25, 0.3) is 0 Å². The third kappa shape index (κ3) is 5.49. The molecule has 32 heavy (non-hydrogen) atoms. The number of urea groups is 1. The minimum atomic E-state index is -0.607. The van der Waals surface area contributed by atoms with Gasteiger partial charge < -0.3 is 20.1 Å². The molecule has 1 unspecified atom stereocenters. The van der Waals surface area contributed by atoms with Crippen LogP contribution in [-0.2, 0) is 9.53 Å². The monoisotopic (exact) mass is 434 g/mol. The molecule has 6 nitrogen and oxygen atoms in total. The van der Waals surface area contributed by atoms with E-state index in [4.69, 9.17) is 9.47 Å². The molecule has 2 amide bonds. The smallest absolute Gasteiger partial charge is 0.338 e. The van der Waals surface area contributed by atoms with Gasteiger partial charge in [0, 0.05) is 5.70 Å². The van der Waals surface area contributed by atoms with Crippen LogP contribution in [-0.4, -0.2) is 18.1 Å². The molecule has 1 saturated carbocycles. The molecule has 0 saturated heterocycles. The molecular weight excluding hydrogens is 404 g/mol. The van der Waals surface area contributed by atoms with Gasteiger partial charge in [0.1, 0.15) is 17.6 Å². The Morgan fingerprint density at radius 2 is 1.59 bits per heavy atom. The van der Waals surface area contributed by atoms with Gasteiger partial charge in [-0.25, -0.2) is 9.59 Å². The summed E-state index contributed by atoms with van der Waals surface area (Å²) in [6, 6.07) is 16.0. The highest BCUT2D eigenvalue weighted by atomic mass is 16.5. The van der Waals surface area contributed by atoms with Crippen molar-refractivity contribution in [2.24, 2.45) is 0 Å². The Kier molecular flexibility index (Phi) is 7.10. The molecule has 4 rings (SSSR count). The fourth-order valence-corrected chi connectivity index (χ4v) is 4.35. The van der Waals surface area contributed by atoms with Crippen LogP contribution in [0.15, 0.2) is 65.9 Å². The van der Waals surface area contributed by atoms with E-state index in [1.54, 1.807) is 6.92 Å². The predicted molar refractivity (Wildman–Crippen MR) is 122 cm³/mol. The molecule has 1 aliphatic heterocycles. The Morgan fingerprint density at radius 1 is 0.906 bits per heavy atom. The van der Waals surface area contributed by atoms with Crippen molar-refractivity contribution < 1.29 is 19.1 Å². The normalized spacial score (nSPS) is 19.9. The van der Waals surface area contributed by atoms with Gasteiger partial charge in [0.25, 0.3) is 0 Å². The second-order valence-electron chi connectivity index (χ2n) is 8.43. The van der Waals surface area contributed by atoms with Crippen LogP contribution in [0.5, 0.6) is 11.5 Å². The lowest BCUT2D eigenvalue weighted by Gasteiger charge is -2.30. The van der Waals surface area contributed by atoms with E-state index in [2.05, 4.69) is 10.6 Å². The standard InChI is InChI=1S/C26H30N2O4/c1-18-23(25(29)32-21-14-6-3-2-4-7-15-21)24(28-26(30)27-18)19-11-10-16-22(17-19)31-20-12-8-5-9-13-20/h5,8-13,16-17,21,24H,2-4,6-7,14-15H2,1H3,(H2,27,28,30). The number of rotatable bonds is 5. The molecule has 6 heteroatoms. The zero-order valence-corrected chi connectivity index (χ0v) is 18.4. The van der Waals surface area contributed by atoms with Crippen molar-refractivity contribution in [1.29, 1.82) is 0 Å². The minimum Gasteiger partial charge on any atom is -0.459 e. The number of nitrogens with one attached hydrogen (secondary N) is 2. The topological polar surface area (TPSA) is 76.7 Å². The van der Waals surface area contributed by atoms with Gasteiger partial charge in [-0.3, -0.25) is 0 Å². The summed E-state index contributed by atoms with van der Waals surface area (Å²) in [5.41, 5.74) is 1.71. The van der Waals surface area contributed by atoms with Crippen molar-refractivity contribution in [2.45, 2.75) is 64.0 Å². The summed E-state index contributed by atoms with van der Waals surface area (Å²) in [6.45, 7) is 1.74. The summed E-state index contributed by atoms with van der Waals surface area (Å²) in [5.74, 6) is 0.974. The van der Waals surface area contributed by atoms with Crippen molar-refractivity contribution in [3.63, 3.8) is 0 Å². The molecule has 1 aliphatic carbocycles. The lowest BCUT2D eigenvalue weighted by molar-refractivity contribution is -0.145. The number of amides is 2. The fourth-order valence-electron chi connectivity index (χ4n) is 4.35. The fraction of sp³-hybridized carbons (Fsp3) is 0.385. The quantitative estimate of drug-likeness (QED) is 0.586. The number of para-hydroxylation sites is 1. The third-order valence-corrected chi connectivity index (χ3v) is 5.99. The molecule has 0 bridgehead atoms. The summed E-state index contributed by atoms with van der Waals surface area (Å²) in [6.07, 6.45) is 7.49. The van der Waals surface area contributed by atoms with Crippen LogP contribution in [0.4, 0.5) is 4.79 Å². The first-order chi connectivity index (χ1) is 15.6. The maximum absolute atomic E-state index is 13.2. The van der Waals surface area contributed by atoms with Crippen molar-refractivity contribution in [3.8, 4) is 11.5 Å². The van der Waals surface area contributed by atoms with E-state index in [9.17, 15) is 9.59 Å². The number of allylic oxidation sites excluding steroid dienone is 1. The van der Waals surface area contributed by atoms with Gasteiger partial charge >= 0.3 is 12.0 Å². The molecule has 1 atom stereocenters. The minimum absolute atomic E-state index is 0.0749. The maximum Gasteiger partial charge on any atom is 0.338 e. The van der Waals surface area contributed by atoms with Crippen molar-refractivity contribution in [1.82, 2.24) is 10.6 Å². The van der Waals surface area contributed by atoms with Crippen LogP contribution in [0.1, 0.15) is 63.5 Å². The molecule has 2 aromatic rings. The molecule has 1 fully saturated rings. The maximum atomic E-state index is 13.2. The van der Waals surface area contributed by atoms with Gasteiger partial charge in [-0.2, -0.15) is 0 Å². The van der Waals surface area contributed by atoms with Crippen LogP contribution >= 0.6 is 0 Å². The van der Waals surface area contributed by atoms with Gasteiger partial charge in [0.2, 0.25) is 0 Å². The van der Waals surface area contributed by atoms with Gasteiger partial charge in [-0.1, -0.05) is 49.6 Å². The Labute approximate surface area is 189 Å². The van der Waals surface area contributed by atoms with Gasteiger partial charge in [-0.05, 0) is 62.4 Å². The number of hydrogen-bond donors (Lipinski definition) is 2. The average Bonchev–Trinajstić information content (AvgIpc) is 2.76. The summed E-state index contributed by atoms with van der Waals surface area (Å²) in [7, 11) is 0. The molecule has 0 aromatic heterocycles. The first-order valence-electron chi connectivity index (χ1n) is 11.4. The molecular formula is C26H30N2O4. The molecule has 168 valence electrons. The number of ether oxygens (including phenoxy) is 2. The van der Waals surface area contributed by atoms with Crippen molar-refractivity contribution >= 4 is 12.0 Å². The predicted octanol–water partition coefficient (Wildman–Crippen LogP) is 5.76. The highest BCUT2D eigenvalue weighted by molar-refractivity contribution is 5.95. The Hall–Kier alpha value is -3.28. The van der Waals surface area contributed by atoms with Crippen LogP contribution in [0.3, 0.4) is 0 Å². The molecule has 2 aliphatic rings. The van der Waals surface area contributed by atoms with Crippen molar-refractivity contribution in [2.75, 3.05) is 0 Å². The van der Waals surface area contributed by atoms with E-state index in [0.717, 1.165) is 37.0 Å². The number of carbonyl (C=O) groups is 2. The largest absolute Gasteiger partial charge is 0.459 e. The summed E-state index contributed by atoms with van der Waals surface area (Å²) < 4.78 is 11.9. The van der Waals surface area contributed by atoms with E-state index in [1.165, 1.54) is 19.3 Å². The second kappa shape index (κ2) is 10.4. The van der Waals surface area contributed by atoms with E-state index in [-0.39, 0.29) is 18.1 Å². The van der Waals surface area contributed by atoms with Gasteiger partial charge in [0.15, 0.2) is 0 Å².